The van der Waals surface area contributed by atoms with Crippen LogP contribution in [0.5, 0.6) is 5.75 Å². The predicted molar refractivity (Wildman–Crippen MR) is 139 cm³/mol. The van der Waals surface area contributed by atoms with E-state index in [-0.39, 0.29) is 0 Å². The Bertz CT molecular complexity index is 1280. The van der Waals surface area contributed by atoms with E-state index in [9.17, 15) is 0 Å². The zero-order valence-electron chi connectivity index (χ0n) is 20.6. The first-order valence-corrected chi connectivity index (χ1v) is 11.7. The summed E-state index contributed by atoms with van der Waals surface area (Å²) >= 11 is 0. The van der Waals surface area contributed by atoms with Gasteiger partial charge in [-0.15, -0.1) is 0 Å². The van der Waals surface area contributed by atoms with Crippen molar-refractivity contribution in [3.05, 3.63) is 54.5 Å². The fourth-order valence-corrected chi connectivity index (χ4v) is 4.26. The molecule has 0 aliphatic carbocycles. The Balaban J connectivity index is 0.00000133. The van der Waals surface area contributed by atoms with Gasteiger partial charge in [-0.2, -0.15) is 0 Å². The normalized spacial score (nSPS) is 14.1. The smallest absolute Gasteiger partial charge is 0.165 e. The first-order valence-electron chi connectivity index (χ1n) is 11.7. The molecule has 5 rings (SSSR count). The molecule has 0 atom stereocenters. The lowest BCUT2D eigenvalue weighted by molar-refractivity contribution is 0.311. The number of ether oxygens (including phenoxy) is 1. The van der Waals surface area contributed by atoms with Crippen molar-refractivity contribution in [1.82, 2.24) is 24.4 Å². The largest absolute Gasteiger partial charge is 0.495 e. The van der Waals surface area contributed by atoms with Crippen molar-refractivity contribution in [3.63, 3.8) is 0 Å². The molecular weight excluding hydrogens is 426 g/mol. The third-order valence-corrected chi connectivity index (χ3v) is 6.01. The van der Waals surface area contributed by atoms with E-state index in [0.717, 1.165) is 71.5 Å². The van der Waals surface area contributed by atoms with Crippen molar-refractivity contribution in [1.29, 1.82) is 0 Å². The van der Waals surface area contributed by atoms with Crippen LogP contribution >= 0.6 is 0 Å². The number of aryl methyl sites for hydroxylation is 1. The summed E-state index contributed by atoms with van der Waals surface area (Å²) in [6, 6.07) is 14.0. The van der Waals surface area contributed by atoms with Gasteiger partial charge in [0, 0.05) is 44.0 Å². The number of nitrogens with two attached hydrogens (primary N) is 1. The van der Waals surface area contributed by atoms with Crippen molar-refractivity contribution in [2.24, 2.45) is 0 Å². The molecular formula is C26H33N7O. The molecule has 0 unspecified atom stereocenters. The minimum absolute atomic E-state index is 0.471. The fraction of sp³-hybridized carbons (Fsp3) is 0.346. The number of pyridine rings is 2. The van der Waals surface area contributed by atoms with Gasteiger partial charge in [0.1, 0.15) is 22.9 Å². The Hall–Kier alpha value is -3.65. The first kappa shape index (κ1) is 23.5. The summed E-state index contributed by atoms with van der Waals surface area (Å²) < 4.78 is 7.86. The lowest BCUT2D eigenvalue weighted by Gasteiger charge is -2.34. The monoisotopic (exact) mass is 459 g/mol. The SMILES string of the molecule is CC.COc1cc(-n2c(C)nc3ccc(-c4ccnc(N)c4)nc32)ccc1N1CCN(C)CC1. The van der Waals surface area contributed by atoms with Gasteiger partial charge in [0.2, 0.25) is 0 Å². The Morgan fingerprint density at radius 2 is 1.71 bits per heavy atom. The second kappa shape index (κ2) is 10.1. The van der Waals surface area contributed by atoms with Crippen LogP contribution in [0.1, 0.15) is 19.7 Å². The van der Waals surface area contributed by atoms with Gasteiger partial charge in [-0.25, -0.2) is 15.0 Å². The molecule has 34 heavy (non-hydrogen) atoms. The second-order valence-electron chi connectivity index (χ2n) is 8.15. The molecule has 1 saturated heterocycles. The molecule has 1 aliphatic rings. The third kappa shape index (κ3) is 4.54. The van der Waals surface area contributed by atoms with E-state index >= 15 is 0 Å². The van der Waals surface area contributed by atoms with E-state index in [1.54, 1.807) is 13.3 Å². The Kier molecular flexibility index (Phi) is 6.98. The summed E-state index contributed by atoms with van der Waals surface area (Å²) in [7, 11) is 3.88. The Morgan fingerprint density at radius 3 is 2.41 bits per heavy atom. The van der Waals surface area contributed by atoms with Crippen LogP contribution in [0.3, 0.4) is 0 Å². The highest BCUT2D eigenvalue weighted by molar-refractivity contribution is 5.79. The fourth-order valence-electron chi connectivity index (χ4n) is 4.26. The van der Waals surface area contributed by atoms with Gasteiger partial charge in [-0.3, -0.25) is 4.57 Å². The van der Waals surface area contributed by atoms with Crippen LogP contribution in [0.15, 0.2) is 48.7 Å². The standard InChI is InChI=1S/C24H27N7O.C2H6/c1-16-27-20-6-5-19(17-8-9-26-23(25)14-17)28-24(20)31(16)18-4-7-21(22(15-18)32-3)30-12-10-29(2)11-13-30;1-2/h4-9,14-15H,10-13H2,1-3H3,(H2,25,26);1-2H3. The molecule has 1 fully saturated rings. The molecule has 0 radical (unpaired) electrons. The van der Waals surface area contributed by atoms with Gasteiger partial charge in [0.05, 0.1) is 24.2 Å². The molecule has 1 aromatic carbocycles. The summed E-state index contributed by atoms with van der Waals surface area (Å²) in [6.07, 6.45) is 1.70. The topological polar surface area (TPSA) is 85.3 Å². The number of hydrogen-bond donors (Lipinski definition) is 1. The third-order valence-electron chi connectivity index (χ3n) is 6.01. The van der Waals surface area contributed by atoms with Crippen molar-refractivity contribution in [3.8, 4) is 22.7 Å². The molecule has 8 nitrogen and oxygen atoms in total. The van der Waals surface area contributed by atoms with Gasteiger partial charge < -0.3 is 20.3 Å². The maximum Gasteiger partial charge on any atom is 0.165 e. The van der Waals surface area contributed by atoms with Gasteiger partial charge >= 0.3 is 0 Å². The van der Waals surface area contributed by atoms with Gasteiger partial charge in [-0.05, 0) is 50.4 Å². The van der Waals surface area contributed by atoms with Crippen LogP contribution in [0.25, 0.3) is 28.1 Å². The number of nitrogen functional groups attached to an aromatic ring is 1. The molecule has 0 spiro atoms. The Labute approximate surface area is 201 Å². The number of methoxy groups -OCH3 is 1. The van der Waals surface area contributed by atoms with Gasteiger partial charge in [0.15, 0.2) is 5.65 Å². The van der Waals surface area contributed by atoms with Gasteiger partial charge in [-0.1, -0.05) is 13.8 Å². The van der Waals surface area contributed by atoms with Crippen molar-refractivity contribution in [2.75, 3.05) is 51.0 Å². The maximum absolute atomic E-state index is 5.87. The van der Waals surface area contributed by atoms with Crippen molar-refractivity contribution >= 4 is 22.7 Å². The molecule has 0 saturated carbocycles. The Morgan fingerprint density at radius 1 is 0.941 bits per heavy atom. The average Bonchev–Trinajstić information content (AvgIpc) is 3.20. The maximum atomic E-state index is 5.87. The highest BCUT2D eigenvalue weighted by Crippen LogP contribution is 2.33. The molecule has 178 valence electrons. The van der Waals surface area contributed by atoms with Crippen LogP contribution in [0, 0.1) is 6.92 Å². The average molecular weight is 460 g/mol. The molecule has 3 aromatic heterocycles. The molecule has 0 bridgehead atoms. The number of benzene rings is 1. The highest BCUT2D eigenvalue weighted by atomic mass is 16.5. The van der Waals surface area contributed by atoms with Gasteiger partial charge in [0.25, 0.3) is 0 Å². The summed E-state index contributed by atoms with van der Waals surface area (Å²) in [6.45, 7) is 10.1. The van der Waals surface area contributed by atoms with E-state index < -0.39 is 0 Å². The van der Waals surface area contributed by atoms with Crippen LogP contribution in [-0.4, -0.2) is 64.8 Å². The molecule has 4 heterocycles. The summed E-state index contributed by atoms with van der Waals surface area (Å²) in [5.74, 6) is 2.19. The number of likely N-dealkylation sites (N-methyl/N-ethyl adjacent to an activating group) is 1. The quantitative estimate of drug-likeness (QED) is 0.490. The first-order chi connectivity index (χ1) is 16.5. The van der Waals surface area contributed by atoms with Crippen molar-refractivity contribution < 1.29 is 4.74 Å². The molecule has 1 aliphatic heterocycles. The zero-order chi connectivity index (χ0) is 24.2. The number of anilines is 2. The van der Waals surface area contributed by atoms with E-state index in [1.165, 1.54) is 0 Å². The van der Waals surface area contributed by atoms with E-state index in [2.05, 4.69) is 44.6 Å². The minimum Gasteiger partial charge on any atom is -0.495 e. The van der Waals surface area contributed by atoms with E-state index in [1.807, 2.05) is 45.0 Å². The molecule has 2 N–H and O–H groups in total. The van der Waals surface area contributed by atoms with Crippen LogP contribution in [-0.2, 0) is 0 Å². The van der Waals surface area contributed by atoms with E-state index in [4.69, 9.17) is 20.4 Å². The van der Waals surface area contributed by atoms with Crippen molar-refractivity contribution in [2.45, 2.75) is 20.8 Å². The zero-order valence-corrected chi connectivity index (χ0v) is 20.6. The number of imidazole rings is 1. The summed E-state index contributed by atoms with van der Waals surface area (Å²) in [4.78, 5) is 18.4. The predicted octanol–water partition coefficient (Wildman–Crippen LogP) is 4.16. The number of hydrogen-bond acceptors (Lipinski definition) is 7. The van der Waals surface area contributed by atoms with E-state index in [0.29, 0.717) is 5.82 Å². The number of nitrogens with zero attached hydrogens (tertiary/aromatic N) is 6. The number of aromatic nitrogens is 4. The van der Waals surface area contributed by atoms with Crippen LogP contribution < -0.4 is 15.4 Å². The number of rotatable bonds is 4. The highest BCUT2D eigenvalue weighted by Gasteiger charge is 2.19. The lowest BCUT2D eigenvalue weighted by atomic mass is 10.1. The molecule has 8 heteroatoms. The summed E-state index contributed by atoms with van der Waals surface area (Å²) in [5.41, 5.74) is 11.4. The van der Waals surface area contributed by atoms with Crippen LogP contribution in [0.4, 0.5) is 11.5 Å². The number of fused-ring (bicyclic) bond motifs is 1. The minimum atomic E-state index is 0.471. The second-order valence-corrected chi connectivity index (χ2v) is 8.15. The molecule has 4 aromatic rings. The van der Waals surface area contributed by atoms with Crippen LogP contribution in [0.2, 0.25) is 0 Å². The summed E-state index contributed by atoms with van der Waals surface area (Å²) in [5, 5.41) is 0. The number of piperazine rings is 1. The molecule has 0 amide bonds. The lowest BCUT2D eigenvalue weighted by Crippen LogP contribution is -2.44.